The van der Waals surface area contributed by atoms with E-state index in [1.807, 2.05) is 25.1 Å². The van der Waals surface area contributed by atoms with Crippen molar-refractivity contribution in [3.05, 3.63) is 29.6 Å². The largest absolute Gasteiger partial charge is 0.367 e. The molecular weight excluding hydrogens is 212 g/mol. The van der Waals surface area contributed by atoms with Crippen molar-refractivity contribution in [3.8, 4) is 0 Å². The number of pyridine rings is 1. The van der Waals surface area contributed by atoms with Gasteiger partial charge in [0.25, 0.3) is 0 Å². The Morgan fingerprint density at radius 2 is 2.35 bits per heavy atom. The molecule has 0 aliphatic heterocycles. The summed E-state index contributed by atoms with van der Waals surface area (Å²) in [7, 11) is 0. The summed E-state index contributed by atoms with van der Waals surface area (Å²) in [5, 5.41) is 0. The molecule has 2 N–H and O–H groups in total. The molecule has 1 aliphatic rings. The highest BCUT2D eigenvalue weighted by Gasteiger charge is 2.37. The zero-order valence-corrected chi connectivity index (χ0v) is 10.8. The normalized spacial score (nSPS) is 28.5. The van der Waals surface area contributed by atoms with Gasteiger partial charge in [0.1, 0.15) is 0 Å². The highest BCUT2D eigenvalue weighted by molar-refractivity contribution is 5.09. The van der Waals surface area contributed by atoms with Crippen molar-refractivity contribution in [2.75, 3.05) is 6.54 Å². The summed E-state index contributed by atoms with van der Waals surface area (Å²) in [6.45, 7) is 5.46. The number of rotatable bonds is 4. The Bertz CT molecular complexity index is 380. The first-order valence-electron chi connectivity index (χ1n) is 6.40. The van der Waals surface area contributed by atoms with E-state index in [0.717, 1.165) is 30.1 Å². The molecule has 0 saturated heterocycles. The maximum atomic E-state index is 6.06. The van der Waals surface area contributed by atoms with Crippen LogP contribution in [-0.2, 0) is 11.3 Å². The van der Waals surface area contributed by atoms with Gasteiger partial charge in [-0.3, -0.25) is 4.98 Å². The Kier molecular flexibility index (Phi) is 3.79. The molecule has 0 spiro atoms. The molecule has 0 radical (unpaired) electrons. The zero-order chi connectivity index (χ0) is 12.3. The standard InChI is InChI=1S/C14H22N2O/c1-11-6-7-14(8-11,10-15)17-9-13-5-3-4-12(2)16-13/h3-5,11H,6-10,15H2,1-2H3. The van der Waals surface area contributed by atoms with Crippen molar-refractivity contribution in [2.24, 2.45) is 11.7 Å². The SMILES string of the molecule is Cc1cccc(COC2(CN)CCC(C)C2)n1. The maximum Gasteiger partial charge on any atom is 0.0896 e. The average Bonchev–Trinajstić information content (AvgIpc) is 2.70. The van der Waals surface area contributed by atoms with E-state index < -0.39 is 0 Å². The van der Waals surface area contributed by atoms with Gasteiger partial charge in [-0.1, -0.05) is 13.0 Å². The Labute approximate surface area is 103 Å². The van der Waals surface area contributed by atoms with Gasteiger partial charge in [-0.2, -0.15) is 0 Å². The van der Waals surface area contributed by atoms with Gasteiger partial charge in [0.15, 0.2) is 0 Å². The molecule has 1 saturated carbocycles. The predicted molar refractivity (Wildman–Crippen MR) is 68.6 cm³/mol. The van der Waals surface area contributed by atoms with Gasteiger partial charge in [0, 0.05) is 12.2 Å². The van der Waals surface area contributed by atoms with E-state index in [1.165, 1.54) is 6.42 Å². The third-order valence-electron chi connectivity index (χ3n) is 3.66. The van der Waals surface area contributed by atoms with E-state index in [-0.39, 0.29) is 5.60 Å². The molecule has 1 aromatic rings. The van der Waals surface area contributed by atoms with Crippen molar-refractivity contribution >= 4 is 0 Å². The van der Waals surface area contributed by atoms with Crippen LogP contribution in [0.5, 0.6) is 0 Å². The lowest BCUT2D eigenvalue weighted by molar-refractivity contribution is -0.0484. The number of nitrogens with two attached hydrogens (primary N) is 1. The van der Waals surface area contributed by atoms with Gasteiger partial charge in [0.2, 0.25) is 0 Å². The Balaban J connectivity index is 1.97. The van der Waals surface area contributed by atoms with Gasteiger partial charge in [-0.15, -0.1) is 0 Å². The van der Waals surface area contributed by atoms with Crippen LogP contribution in [0, 0.1) is 12.8 Å². The summed E-state index contributed by atoms with van der Waals surface area (Å²) in [4.78, 5) is 4.45. The molecule has 0 amide bonds. The first kappa shape index (κ1) is 12.5. The summed E-state index contributed by atoms with van der Waals surface area (Å²) in [6.07, 6.45) is 3.38. The van der Waals surface area contributed by atoms with Crippen LogP contribution in [0.15, 0.2) is 18.2 Å². The lowest BCUT2D eigenvalue weighted by atomic mass is 10.0. The molecule has 17 heavy (non-hydrogen) atoms. The third-order valence-corrected chi connectivity index (χ3v) is 3.66. The molecular formula is C14H22N2O. The molecule has 0 aromatic carbocycles. The van der Waals surface area contributed by atoms with Crippen LogP contribution in [0.3, 0.4) is 0 Å². The summed E-state index contributed by atoms with van der Waals surface area (Å²) in [6, 6.07) is 6.03. The van der Waals surface area contributed by atoms with E-state index in [9.17, 15) is 0 Å². The van der Waals surface area contributed by atoms with Crippen molar-refractivity contribution in [1.82, 2.24) is 4.98 Å². The van der Waals surface area contributed by atoms with Crippen LogP contribution < -0.4 is 5.73 Å². The minimum atomic E-state index is -0.106. The second-order valence-corrected chi connectivity index (χ2v) is 5.29. The Morgan fingerprint density at radius 1 is 1.53 bits per heavy atom. The summed E-state index contributed by atoms with van der Waals surface area (Å²) >= 11 is 0. The highest BCUT2D eigenvalue weighted by Crippen LogP contribution is 2.36. The second-order valence-electron chi connectivity index (χ2n) is 5.29. The van der Waals surface area contributed by atoms with Crippen LogP contribution in [0.1, 0.15) is 37.6 Å². The van der Waals surface area contributed by atoms with Gasteiger partial charge in [0.05, 0.1) is 17.9 Å². The Morgan fingerprint density at radius 3 is 2.94 bits per heavy atom. The molecule has 2 unspecified atom stereocenters. The van der Waals surface area contributed by atoms with Crippen molar-refractivity contribution < 1.29 is 4.74 Å². The molecule has 1 aliphatic carbocycles. The van der Waals surface area contributed by atoms with Crippen LogP contribution in [0.25, 0.3) is 0 Å². The molecule has 1 heterocycles. The van der Waals surface area contributed by atoms with Crippen molar-refractivity contribution in [2.45, 2.75) is 45.3 Å². The van der Waals surface area contributed by atoms with Gasteiger partial charge < -0.3 is 10.5 Å². The summed E-state index contributed by atoms with van der Waals surface area (Å²) < 4.78 is 6.06. The monoisotopic (exact) mass is 234 g/mol. The predicted octanol–water partition coefficient (Wildman–Crippen LogP) is 2.42. The number of nitrogens with zero attached hydrogens (tertiary/aromatic N) is 1. The molecule has 0 bridgehead atoms. The smallest absolute Gasteiger partial charge is 0.0896 e. The van der Waals surface area contributed by atoms with Crippen molar-refractivity contribution in [3.63, 3.8) is 0 Å². The van der Waals surface area contributed by atoms with Crippen molar-refractivity contribution in [1.29, 1.82) is 0 Å². The summed E-state index contributed by atoms with van der Waals surface area (Å²) in [5.74, 6) is 0.726. The quantitative estimate of drug-likeness (QED) is 0.870. The lowest BCUT2D eigenvalue weighted by Gasteiger charge is -2.28. The maximum absolute atomic E-state index is 6.06. The molecule has 2 rings (SSSR count). The van der Waals surface area contributed by atoms with E-state index in [0.29, 0.717) is 13.2 Å². The fourth-order valence-corrected chi connectivity index (χ4v) is 2.63. The number of ether oxygens (including phenoxy) is 1. The third kappa shape index (κ3) is 3.05. The minimum absolute atomic E-state index is 0.106. The van der Waals surface area contributed by atoms with Gasteiger partial charge in [-0.25, -0.2) is 0 Å². The fraction of sp³-hybridized carbons (Fsp3) is 0.643. The number of aryl methyl sites for hydroxylation is 1. The topological polar surface area (TPSA) is 48.1 Å². The van der Waals surface area contributed by atoms with E-state index in [1.54, 1.807) is 0 Å². The molecule has 1 fully saturated rings. The lowest BCUT2D eigenvalue weighted by Crippen LogP contribution is -2.38. The first-order chi connectivity index (χ1) is 8.13. The fourth-order valence-electron chi connectivity index (χ4n) is 2.63. The van der Waals surface area contributed by atoms with E-state index in [2.05, 4.69) is 11.9 Å². The van der Waals surface area contributed by atoms with E-state index >= 15 is 0 Å². The molecule has 94 valence electrons. The van der Waals surface area contributed by atoms with E-state index in [4.69, 9.17) is 10.5 Å². The first-order valence-corrected chi connectivity index (χ1v) is 6.40. The number of hydrogen-bond donors (Lipinski definition) is 1. The minimum Gasteiger partial charge on any atom is -0.367 e. The average molecular weight is 234 g/mol. The molecule has 2 atom stereocenters. The van der Waals surface area contributed by atoms with Crippen LogP contribution in [-0.4, -0.2) is 17.1 Å². The van der Waals surface area contributed by atoms with Crippen LogP contribution >= 0.6 is 0 Å². The van der Waals surface area contributed by atoms with Gasteiger partial charge in [-0.05, 0) is 44.2 Å². The second kappa shape index (κ2) is 5.15. The highest BCUT2D eigenvalue weighted by atomic mass is 16.5. The number of hydrogen-bond acceptors (Lipinski definition) is 3. The van der Waals surface area contributed by atoms with Crippen LogP contribution in [0.2, 0.25) is 0 Å². The zero-order valence-electron chi connectivity index (χ0n) is 10.8. The molecule has 3 nitrogen and oxygen atoms in total. The Hall–Kier alpha value is -0.930. The number of aromatic nitrogens is 1. The molecule has 3 heteroatoms. The summed E-state index contributed by atoms with van der Waals surface area (Å²) in [5.41, 5.74) is 7.81. The van der Waals surface area contributed by atoms with Crippen LogP contribution in [0.4, 0.5) is 0 Å². The molecule has 1 aromatic heterocycles. The van der Waals surface area contributed by atoms with Gasteiger partial charge >= 0.3 is 0 Å².